The summed E-state index contributed by atoms with van der Waals surface area (Å²) >= 11 is 0. The van der Waals surface area contributed by atoms with Gasteiger partial charge in [0, 0.05) is 12.2 Å². The lowest BCUT2D eigenvalue weighted by Gasteiger charge is -2.18. The predicted octanol–water partition coefficient (Wildman–Crippen LogP) is 3.62. The van der Waals surface area contributed by atoms with Crippen LogP contribution in [0.5, 0.6) is 0 Å². The molecule has 4 rings (SSSR count). The van der Waals surface area contributed by atoms with Crippen molar-refractivity contribution in [2.75, 3.05) is 18.4 Å². The molecule has 0 radical (unpaired) electrons. The molecule has 0 unspecified atom stereocenters. The molecule has 0 fully saturated rings. The van der Waals surface area contributed by atoms with E-state index in [1.807, 2.05) is 55.5 Å². The van der Waals surface area contributed by atoms with Crippen LogP contribution in [0.2, 0.25) is 0 Å². The molecule has 8 nitrogen and oxygen atoms in total. The van der Waals surface area contributed by atoms with Gasteiger partial charge in [-0.15, -0.1) is 0 Å². The molecule has 3 aromatic rings. The van der Waals surface area contributed by atoms with Gasteiger partial charge in [-0.3, -0.25) is 9.79 Å². The number of aryl methyl sites for hydroxylation is 3. The van der Waals surface area contributed by atoms with E-state index in [1.54, 1.807) is 26.0 Å². The highest BCUT2D eigenvalue weighted by atomic mass is 32.2. The molecule has 0 aromatic heterocycles. The van der Waals surface area contributed by atoms with E-state index in [0.29, 0.717) is 16.7 Å². The Hall–Kier alpha value is -3.69. The van der Waals surface area contributed by atoms with Crippen LogP contribution < -0.4 is 15.4 Å². The Bertz CT molecular complexity index is 1390. The van der Waals surface area contributed by atoms with E-state index < -0.39 is 22.0 Å². The summed E-state index contributed by atoms with van der Waals surface area (Å²) in [7, 11) is -4.02. The molecule has 1 aliphatic heterocycles. The Labute approximate surface area is 211 Å². The van der Waals surface area contributed by atoms with E-state index >= 15 is 0 Å². The summed E-state index contributed by atoms with van der Waals surface area (Å²) < 4.78 is 28.6. The lowest BCUT2D eigenvalue weighted by molar-refractivity contribution is -0.138. The van der Waals surface area contributed by atoms with Crippen LogP contribution in [0.4, 0.5) is 5.69 Å². The van der Waals surface area contributed by atoms with Crippen LogP contribution in [0.3, 0.4) is 0 Å². The van der Waals surface area contributed by atoms with Gasteiger partial charge in [0.15, 0.2) is 5.96 Å². The molecule has 1 heterocycles. The maximum atomic E-state index is 13.1. The fraction of sp³-hybridized carbons (Fsp3) is 0.259. The number of anilines is 1. The number of nitrogens with zero attached hydrogens (tertiary/aromatic N) is 1. The zero-order valence-electron chi connectivity index (χ0n) is 20.5. The first-order valence-electron chi connectivity index (χ1n) is 11.7. The van der Waals surface area contributed by atoms with Crippen molar-refractivity contribution < 1.29 is 18.3 Å². The average molecular weight is 507 g/mol. The highest BCUT2D eigenvalue weighted by molar-refractivity contribution is 7.89. The lowest BCUT2D eigenvalue weighted by atomic mass is 10.0. The van der Waals surface area contributed by atoms with Crippen LogP contribution in [0.1, 0.15) is 22.3 Å². The van der Waals surface area contributed by atoms with Gasteiger partial charge >= 0.3 is 5.97 Å². The van der Waals surface area contributed by atoms with Gasteiger partial charge in [-0.1, -0.05) is 54.1 Å². The third kappa shape index (κ3) is 5.92. The topological polar surface area (TPSA) is 120 Å². The Balaban J connectivity index is 1.50. The number of rotatable bonds is 8. The number of hydrogen-bond donors (Lipinski definition) is 4. The van der Waals surface area contributed by atoms with Crippen LogP contribution in [-0.2, 0) is 21.2 Å². The second-order valence-electron chi connectivity index (χ2n) is 9.00. The van der Waals surface area contributed by atoms with Crippen molar-refractivity contribution >= 4 is 27.6 Å². The molecule has 0 spiro atoms. The Morgan fingerprint density at radius 3 is 2.33 bits per heavy atom. The molecule has 0 amide bonds. The number of carbonyl (C=O) groups is 1. The SMILES string of the molecule is Cc1cc(C)c(S(=O)(=O)N[C@@H](Cc2ccc(-c3cccc(NC4=NCCN4)c3)cc2)C(=O)O)c(C)c1. The number of hydrogen-bond acceptors (Lipinski definition) is 6. The molecule has 3 aromatic carbocycles. The second kappa shape index (κ2) is 10.5. The van der Waals surface area contributed by atoms with E-state index in [4.69, 9.17) is 0 Å². The first-order chi connectivity index (χ1) is 17.1. The van der Waals surface area contributed by atoms with Gasteiger partial charge in [0.2, 0.25) is 10.0 Å². The molecule has 9 heteroatoms. The van der Waals surface area contributed by atoms with Gasteiger partial charge in [-0.2, -0.15) is 4.72 Å². The normalized spacial score (nSPS) is 14.1. The minimum absolute atomic E-state index is 0.0197. The van der Waals surface area contributed by atoms with Gasteiger partial charge in [-0.25, -0.2) is 8.42 Å². The summed E-state index contributed by atoms with van der Waals surface area (Å²) in [5, 5.41) is 16.2. The smallest absolute Gasteiger partial charge is 0.322 e. The number of carboxylic acids is 1. The quantitative estimate of drug-likeness (QED) is 0.370. The number of nitrogens with one attached hydrogen (secondary N) is 3. The van der Waals surface area contributed by atoms with Crippen molar-refractivity contribution in [3.05, 3.63) is 82.9 Å². The minimum atomic E-state index is -4.02. The molecule has 0 aliphatic carbocycles. The third-order valence-electron chi connectivity index (χ3n) is 6.00. The van der Waals surface area contributed by atoms with E-state index in [-0.39, 0.29) is 11.3 Å². The first kappa shape index (κ1) is 25.4. The van der Waals surface area contributed by atoms with Gasteiger partial charge in [0.05, 0.1) is 11.4 Å². The summed E-state index contributed by atoms with van der Waals surface area (Å²) in [4.78, 5) is 16.4. The first-order valence-corrected chi connectivity index (χ1v) is 13.2. The van der Waals surface area contributed by atoms with Crippen molar-refractivity contribution in [3.8, 4) is 11.1 Å². The number of aliphatic carboxylic acids is 1. The highest BCUT2D eigenvalue weighted by Crippen LogP contribution is 2.25. The Morgan fingerprint density at radius 1 is 1.03 bits per heavy atom. The molecular weight excluding hydrogens is 476 g/mol. The molecule has 36 heavy (non-hydrogen) atoms. The molecule has 0 saturated carbocycles. The number of benzene rings is 3. The van der Waals surface area contributed by atoms with Crippen molar-refractivity contribution in [1.82, 2.24) is 10.0 Å². The lowest BCUT2D eigenvalue weighted by Crippen LogP contribution is -2.42. The van der Waals surface area contributed by atoms with Crippen LogP contribution in [0, 0.1) is 20.8 Å². The monoisotopic (exact) mass is 506 g/mol. The summed E-state index contributed by atoms with van der Waals surface area (Å²) in [5.74, 6) is -0.479. The van der Waals surface area contributed by atoms with E-state index in [0.717, 1.165) is 41.4 Å². The third-order valence-corrected chi connectivity index (χ3v) is 7.77. The fourth-order valence-electron chi connectivity index (χ4n) is 4.48. The number of aliphatic imine (C=N–C) groups is 1. The van der Waals surface area contributed by atoms with Crippen molar-refractivity contribution in [2.45, 2.75) is 38.1 Å². The summed E-state index contributed by atoms with van der Waals surface area (Å²) in [6, 6.07) is 17.6. The molecular formula is C27H30N4O4S. The number of guanidine groups is 1. The molecule has 4 N–H and O–H groups in total. The fourth-order valence-corrected chi connectivity index (χ4v) is 6.12. The molecule has 1 atom stereocenters. The standard InChI is InChI=1S/C27H30N4O4S/c1-17-13-18(2)25(19(3)14-17)36(34,35)31-24(26(32)33)15-20-7-9-21(10-8-20)22-5-4-6-23(16-22)30-27-28-11-12-29-27/h4-10,13-14,16,24,31H,11-12,15H2,1-3H3,(H,32,33)(H2,28,29,30)/t24-/m0/s1. The zero-order chi connectivity index (χ0) is 25.9. The predicted molar refractivity (Wildman–Crippen MR) is 142 cm³/mol. The minimum Gasteiger partial charge on any atom is -0.480 e. The van der Waals surface area contributed by atoms with E-state index in [2.05, 4.69) is 20.3 Å². The maximum Gasteiger partial charge on any atom is 0.322 e. The molecule has 0 saturated heterocycles. The highest BCUT2D eigenvalue weighted by Gasteiger charge is 2.28. The zero-order valence-corrected chi connectivity index (χ0v) is 21.3. The number of carboxylic acid groups (broad SMARTS) is 1. The summed E-state index contributed by atoms with van der Waals surface area (Å²) in [6.45, 7) is 6.89. The van der Waals surface area contributed by atoms with Crippen molar-refractivity contribution in [2.24, 2.45) is 4.99 Å². The second-order valence-corrected chi connectivity index (χ2v) is 10.7. The average Bonchev–Trinajstić information content (AvgIpc) is 3.31. The largest absolute Gasteiger partial charge is 0.480 e. The van der Waals surface area contributed by atoms with Crippen LogP contribution in [-0.4, -0.2) is 44.6 Å². The van der Waals surface area contributed by atoms with Crippen LogP contribution in [0.15, 0.2) is 70.6 Å². The Kier molecular flexibility index (Phi) is 7.42. The number of sulfonamides is 1. The van der Waals surface area contributed by atoms with Crippen molar-refractivity contribution in [1.29, 1.82) is 0 Å². The van der Waals surface area contributed by atoms with Crippen LogP contribution in [0.25, 0.3) is 11.1 Å². The van der Waals surface area contributed by atoms with Gasteiger partial charge in [-0.05, 0) is 67.1 Å². The molecule has 0 bridgehead atoms. The van der Waals surface area contributed by atoms with Crippen molar-refractivity contribution in [3.63, 3.8) is 0 Å². The van der Waals surface area contributed by atoms with Gasteiger partial charge < -0.3 is 15.7 Å². The molecule has 188 valence electrons. The van der Waals surface area contributed by atoms with Gasteiger partial charge in [0.25, 0.3) is 0 Å². The maximum absolute atomic E-state index is 13.1. The Morgan fingerprint density at radius 2 is 1.72 bits per heavy atom. The van der Waals surface area contributed by atoms with E-state index in [9.17, 15) is 18.3 Å². The molecule has 1 aliphatic rings. The van der Waals surface area contributed by atoms with Crippen LogP contribution >= 0.6 is 0 Å². The summed E-state index contributed by atoms with van der Waals surface area (Å²) in [6.07, 6.45) is 0.0197. The van der Waals surface area contributed by atoms with E-state index in [1.165, 1.54) is 0 Å². The summed E-state index contributed by atoms with van der Waals surface area (Å²) in [5.41, 5.74) is 5.69. The van der Waals surface area contributed by atoms with Gasteiger partial charge in [0.1, 0.15) is 6.04 Å².